The second-order valence-electron chi connectivity index (χ2n) is 2.96. The molecule has 0 heterocycles. The molecule has 0 atom stereocenters. The van der Waals surface area contributed by atoms with Gasteiger partial charge in [0.05, 0.1) is 13.2 Å². The van der Waals surface area contributed by atoms with E-state index in [1.807, 2.05) is 27.7 Å². The summed E-state index contributed by atoms with van der Waals surface area (Å²) < 4.78 is 22.8. The van der Waals surface area contributed by atoms with Gasteiger partial charge in [-0.1, -0.05) is 36.4 Å². The average Bonchev–Trinajstić information content (AvgIpc) is 2.17. The quantitative estimate of drug-likeness (QED) is 0.398. The Balaban J connectivity index is 4.86. The zero-order chi connectivity index (χ0) is 11.2. The third-order valence-electron chi connectivity index (χ3n) is 2.17. The van der Waals surface area contributed by atoms with Gasteiger partial charge in [0.25, 0.3) is 0 Å². The summed E-state index contributed by atoms with van der Waals surface area (Å²) in [7, 11) is -2.95. The first-order chi connectivity index (χ1) is 6.49. The van der Waals surface area contributed by atoms with Crippen LogP contribution in [0.5, 0.6) is 0 Å². The lowest BCUT2D eigenvalue weighted by molar-refractivity contribution is 0.208. The predicted molar refractivity (Wildman–Crippen MR) is 68.2 cm³/mol. The molecule has 0 N–H and O–H groups in total. The minimum atomic E-state index is -2.95. The fourth-order valence-corrected chi connectivity index (χ4v) is 4.07. The van der Waals surface area contributed by atoms with E-state index in [4.69, 9.17) is 9.05 Å². The summed E-state index contributed by atoms with van der Waals surface area (Å²) in [5.74, 6) is 0. The fraction of sp³-hybridized carbons (Fsp3) is 1.00. The van der Waals surface area contributed by atoms with Gasteiger partial charge in [0, 0.05) is 0 Å². The third-order valence-corrected chi connectivity index (χ3v) is 8.28. The monoisotopic (exact) mass is 334 g/mol. The molecule has 0 unspecified atom stereocenters. The Kier molecular flexibility index (Phi) is 6.87. The molecular formula is C9H20IO3P. The minimum absolute atomic E-state index is 0.378. The molecule has 0 spiro atoms. The first kappa shape index (κ1) is 14.9. The van der Waals surface area contributed by atoms with Gasteiger partial charge in [-0.15, -0.1) is 0 Å². The maximum atomic E-state index is 12.4. The van der Waals surface area contributed by atoms with Crippen molar-refractivity contribution in [3.05, 3.63) is 0 Å². The molecule has 0 aliphatic carbocycles. The smallest absolute Gasteiger partial charge is 0.308 e. The van der Waals surface area contributed by atoms with Gasteiger partial charge in [0.2, 0.25) is 0 Å². The highest BCUT2D eigenvalue weighted by Gasteiger charge is 2.46. The van der Waals surface area contributed by atoms with Crippen LogP contribution in [0.4, 0.5) is 0 Å². The van der Waals surface area contributed by atoms with Gasteiger partial charge in [-0.05, 0) is 26.7 Å². The Labute approximate surface area is 101 Å². The van der Waals surface area contributed by atoms with Crippen LogP contribution in [0.1, 0.15) is 40.5 Å². The highest BCUT2D eigenvalue weighted by atomic mass is 127. The molecule has 0 saturated heterocycles. The van der Waals surface area contributed by atoms with Crippen LogP contribution in [0.15, 0.2) is 0 Å². The molecule has 0 bridgehead atoms. The van der Waals surface area contributed by atoms with Gasteiger partial charge in [-0.3, -0.25) is 4.57 Å². The second-order valence-corrected chi connectivity index (χ2v) is 8.24. The second kappa shape index (κ2) is 6.46. The maximum absolute atomic E-state index is 12.4. The van der Waals surface area contributed by atoms with Gasteiger partial charge in [0.15, 0.2) is 0 Å². The summed E-state index contributed by atoms with van der Waals surface area (Å²) in [5.41, 5.74) is 0. The van der Waals surface area contributed by atoms with Crippen LogP contribution in [-0.4, -0.2) is 16.4 Å². The SMILES string of the molecule is CCOP(=O)(OCC)C(I)(CC)CC. The van der Waals surface area contributed by atoms with E-state index in [2.05, 4.69) is 22.6 Å². The van der Waals surface area contributed by atoms with Crippen molar-refractivity contribution in [2.24, 2.45) is 0 Å². The van der Waals surface area contributed by atoms with Gasteiger partial charge in [-0.25, -0.2) is 0 Å². The molecule has 86 valence electrons. The zero-order valence-electron chi connectivity index (χ0n) is 9.38. The van der Waals surface area contributed by atoms with E-state index < -0.39 is 7.60 Å². The first-order valence-electron chi connectivity index (χ1n) is 5.07. The van der Waals surface area contributed by atoms with Crippen LogP contribution >= 0.6 is 30.2 Å². The van der Waals surface area contributed by atoms with Crippen molar-refractivity contribution in [3.63, 3.8) is 0 Å². The molecule has 0 radical (unpaired) electrons. The lowest BCUT2D eigenvalue weighted by Crippen LogP contribution is -2.22. The highest BCUT2D eigenvalue weighted by Crippen LogP contribution is 2.66. The van der Waals surface area contributed by atoms with E-state index >= 15 is 0 Å². The average molecular weight is 334 g/mol. The molecule has 0 amide bonds. The molecule has 0 aliphatic heterocycles. The Morgan fingerprint density at radius 2 is 1.43 bits per heavy atom. The van der Waals surface area contributed by atoms with Crippen LogP contribution in [-0.2, 0) is 13.6 Å². The molecule has 3 nitrogen and oxygen atoms in total. The van der Waals surface area contributed by atoms with Crippen LogP contribution in [0, 0.1) is 0 Å². The molecule has 0 saturated carbocycles. The van der Waals surface area contributed by atoms with Crippen molar-refractivity contribution in [1.82, 2.24) is 0 Å². The normalized spacial score (nSPS) is 13.2. The van der Waals surface area contributed by atoms with Crippen molar-refractivity contribution < 1.29 is 13.6 Å². The fourth-order valence-electron chi connectivity index (χ4n) is 1.25. The Morgan fingerprint density at radius 1 is 1.07 bits per heavy atom. The summed E-state index contributed by atoms with van der Waals surface area (Å²) in [6.45, 7) is 8.58. The van der Waals surface area contributed by atoms with E-state index in [0.29, 0.717) is 13.2 Å². The molecule has 5 heteroatoms. The van der Waals surface area contributed by atoms with E-state index in [0.717, 1.165) is 12.8 Å². The molecule has 0 aliphatic rings. The maximum Gasteiger partial charge on any atom is 0.346 e. The van der Waals surface area contributed by atoms with Crippen molar-refractivity contribution in [2.75, 3.05) is 13.2 Å². The molecule has 0 rings (SSSR count). The third kappa shape index (κ3) is 3.19. The number of hydrogen-bond donors (Lipinski definition) is 0. The zero-order valence-corrected chi connectivity index (χ0v) is 12.4. The van der Waals surface area contributed by atoms with Gasteiger partial charge >= 0.3 is 7.60 Å². The molecular weight excluding hydrogens is 314 g/mol. The van der Waals surface area contributed by atoms with E-state index in [1.54, 1.807) is 0 Å². The number of alkyl halides is 1. The number of hydrogen-bond acceptors (Lipinski definition) is 3. The number of halogens is 1. The lowest BCUT2D eigenvalue weighted by atomic mass is 10.3. The number of rotatable bonds is 7. The summed E-state index contributed by atoms with van der Waals surface area (Å²) >= 11 is 2.22. The molecule has 14 heavy (non-hydrogen) atoms. The Hall–Kier alpha value is 0.880. The standard InChI is InChI=1S/C9H20IO3P/c1-5-9(10,6-2)14(11,12-7-3)13-8-4/h5-8H2,1-4H3. The van der Waals surface area contributed by atoms with Crippen molar-refractivity contribution in [3.8, 4) is 0 Å². The summed E-state index contributed by atoms with van der Waals surface area (Å²) in [6, 6.07) is 0. The van der Waals surface area contributed by atoms with Gasteiger partial charge in [0.1, 0.15) is 3.16 Å². The first-order valence-corrected chi connectivity index (χ1v) is 7.69. The van der Waals surface area contributed by atoms with Gasteiger partial charge in [-0.2, -0.15) is 0 Å². The summed E-state index contributed by atoms with van der Waals surface area (Å²) in [6.07, 6.45) is 1.59. The molecule has 0 fully saturated rings. The van der Waals surface area contributed by atoms with Crippen LogP contribution < -0.4 is 0 Å². The summed E-state index contributed by atoms with van der Waals surface area (Å²) in [5, 5.41) is 0. The molecule has 0 aromatic rings. The van der Waals surface area contributed by atoms with Crippen molar-refractivity contribution in [1.29, 1.82) is 0 Å². The Bertz CT molecular complexity index is 194. The van der Waals surface area contributed by atoms with Crippen molar-refractivity contribution in [2.45, 2.75) is 43.7 Å². The predicted octanol–water partition coefficient (Wildman–Crippen LogP) is 4.20. The van der Waals surface area contributed by atoms with Gasteiger partial charge < -0.3 is 9.05 Å². The highest BCUT2D eigenvalue weighted by molar-refractivity contribution is 14.1. The lowest BCUT2D eigenvalue weighted by Gasteiger charge is -2.32. The van der Waals surface area contributed by atoms with E-state index in [9.17, 15) is 4.57 Å². The van der Waals surface area contributed by atoms with E-state index in [1.165, 1.54) is 0 Å². The van der Waals surface area contributed by atoms with Crippen LogP contribution in [0.25, 0.3) is 0 Å². The van der Waals surface area contributed by atoms with Crippen LogP contribution in [0.2, 0.25) is 0 Å². The van der Waals surface area contributed by atoms with E-state index in [-0.39, 0.29) is 3.16 Å². The topological polar surface area (TPSA) is 35.5 Å². The minimum Gasteiger partial charge on any atom is -0.308 e. The van der Waals surface area contributed by atoms with Crippen LogP contribution in [0.3, 0.4) is 0 Å². The molecule has 0 aromatic carbocycles. The molecule has 0 aromatic heterocycles. The van der Waals surface area contributed by atoms with Crippen molar-refractivity contribution >= 4 is 30.2 Å². The Morgan fingerprint density at radius 3 is 1.64 bits per heavy atom. The summed E-state index contributed by atoms with van der Waals surface area (Å²) in [4.78, 5) is 0. The largest absolute Gasteiger partial charge is 0.346 e.